The number of hydrogen-bond donors (Lipinski definition) is 0. The van der Waals surface area contributed by atoms with Crippen LogP contribution in [0.4, 0.5) is 0 Å². The van der Waals surface area contributed by atoms with Gasteiger partial charge in [-0.15, -0.1) is 0 Å². The Kier molecular flexibility index (Phi) is 7.25. The first-order valence-corrected chi connectivity index (χ1v) is 5.20. The molecule has 1 rings (SSSR count). The van der Waals surface area contributed by atoms with Crippen LogP contribution in [0.15, 0.2) is 30.3 Å². The Hall–Kier alpha value is -0.248. The van der Waals surface area contributed by atoms with Gasteiger partial charge in [-0.25, -0.2) is 0 Å². The van der Waals surface area contributed by atoms with Crippen LogP contribution in [-0.2, 0) is 0 Å². The zero-order chi connectivity index (χ0) is 9.40. The van der Waals surface area contributed by atoms with Crippen molar-refractivity contribution in [2.75, 3.05) is 0 Å². The zero-order valence-corrected chi connectivity index (χ0v) is 9.40. The van der Waals surface area contributed by atoms with E-state index in [0.29, 0.717) is 0 Å². The molecule has 1 heteroatoms. The maximum absolute atomic E-state index is 2.69. The molecule has 0 aliphatic rings. The van der Waals surface area contributed by atoms with Gasteiger partial charge in [0.25, 0.3) is 0 Å². The molecule has 1 aromatic carbocycles. The van der Waals surface area contributed by atoms with Crippen molar-refractivity contribution in [2.24, 2.45) is 5.92 Å². The van der Waals surface area contributed by atoms with Gasteiger partial charge in [0.05, 0.1) is 0 Å². The third-order valence-corrected chi connectivity index (χ3v) is 2.35. The molecule has 1 aromatic rings. The summed E-state index contributed by atoms with van der Waals surface area (Å²) in [4.78, 5) is 0. The van der Waals surface area contributed by atoms with Crippen LogP contribution in [0, 0.1) is 12.8 Å². The van der Waals surface area contributed by atoms with Crippen LogP contribution in [0.5, 0.6) is 0 Å². The average Bonchev–Trinajstić information content (AvgIpc) is 2.07. The second-order valence-corrected chi connectivity index (χ2v) is 3.76. The van der Waals surface area contributed by atoms with Gasteiger partial charge in [-0.1, -0.05) is 35.9 Å². The standard InChI is InChI=1S/C7H8.C4H9.Al.2H/c1-7-5-3-2-4-6-7;1-4(2)3;;;/h2-6H,1H3;4H,1H2,2-3H3;;;/q;;+2;2*-1. The monoisotopic (exact) mass is 178 g/mol. The normalized spacial score (nSPS) is 9.17. The molecule has 0 saturated heterocycles. The molecule has 0 fully saturated rings. The third-order valence-electron chi connectivity index (χ3n) is 1.41. The van der Waals surface area contributed by atoms with Gasteiger partial charge in [0, 0.05) is 0 Å². The van der Waals surface area contributed by atoms with Crippen molar-refractivity contribution in [3.05, 3.63) is 35.9 Å². The van der Waals surface area contributed by atoms with E-state index < -0.39 is 0 Å². The van der Waals surface area contributed by atoms with Gasteiger partial charge in [-0.05, 0) is 6.92 Å². The first-order chi connectivity index (χ1) is 5.66. The van der Waals surface area contributed by atoms with Crippen molar-refractivity contribution >= 4 is 16.3 Å². The Labute approximate surface area is 87.4 Å². The average molecular weight is 178 g/mol. The number of benzene rings is 1. The molecule has 0 atom stereocenters. The predicted octanol–water partition coefficient (Wildman–Crippen LogP) is 3.45. The van der Waals surface area contributed by atoms with Gasteiger partial charge in [-0.2, -0.15) is 0 Å². The van der Waals surface area contributed by atoms with Gasteiger partial charge in [0.2, 0.25) is 0 Å². The minimum Gasteiger partial charge on any atom is -1.00 e. The molecule has 0 nitrogen and oxygen atoms in total. The van der Waals surface area contributed by atoms with Gasteiger partial charge in [0.15, 0.2) is 0 Å². The van der Waals surface area contributed by atoms with Crippen LogP contribution in [0.3, 0.4) is 0 Å². The molecule has 66 valence electrons. The van der Waals surface area contributed by atoms with Crippen molar-refractivity contribution < 1.29 is 2.85 Å². The Balaban J connectivity index is -0.000000159. The third kappa shape index (κ3) is 7.86. The summed E-state index contributed by atoms with van der Waals surface area (Å²) in [5.74, 6) is 0.847. The van der Waals surface area contributed by atoms with Crippen LogP contribution in [0.1, 0.15) is 22.3 Å². The Morgan fingerprint density at radius 3 is 1.83 bits per heavy atom. The predicted molar refractivity (Wildman–Crippen MR) is 58.8 cm³/mol. The van der Waals surface area contributed by atoms with E-state index in [1.54, 1.807) is 0 Å². The topological polar surface area (TPSA) is 0 Å². The van der Waals surface area contributed by atoms with Crippen molar-refractivity contribution in [1.82, 2.24) is 0 Å². The van der Waals surface area contributed by atoms with Crippen LogP contribution in [0.2, 0.25) is 5.28 Å². The van der Waals surface area contributed by atoms with E-state index in [1.807, 2.05) is 18.2 Å². The molecule has 0 N–H and O–H groups in total. The summed E-state index contributed by atoms with van der Waals surface area (Å²) in [6, 6.07) is 10.3. The fraction of sp³-hybridized carbons (Fsp3) is 0.455. The molecular weight excluding hydrogens is 159 g/mol. The molecule has 0 amide bonds. The van der Waals surface area contributed by atoms with E-state index in [2.05, 4.69) is 49.2 Å². The molecule has 12 heavy (non-hydrogen) atoms. The SMILES string of the molecule is CC(C)[CH2][Al+2].Cc1ccccc1.[H-].[H-]. The number of rotatable bonds is 1. The van der Waals surface area contributed by atoms with Crippen molar-refractivity contribution in [1.29, 1.82) is 0 Å². The van der Waals surface area contributed by atoms with Crippen molar-refractivity contribution in [3.63, 3.8) is 0 Å². The van der Waals surface area contributed by atoms with Gasteiger partial charge in [0.1, 0.15) is 0 Å². The second kappa shape index (κ2) is 7.40. The number of aryl methyl sites for hydroxylation is 1. The maximum atomic E-state index is 2.69. The Morgan fingerprint density at radius 2 is 1.67 bits per heavy atom. The van der Waals surface area contributed by atoms with Crippen LogP contribution in [0.25, 0.3) is 0 Å². The summed E-state index contributed by atoms with van der Waals surface area (Å²) in [6.07, 6.45) is 0. The first-order valence-electron chi connectivity index (χ1n) is 4.38. The van der Waals surface area contributed by atoms with Crippen LogP contribution >= 0.6 is 0 Å². The van der Waals surface area contributed by atoms with Crippen LogP contribution in [-0.4, -0.2) is 16.3 Å². The van der Waals surface area contributed by atoms with E-state index in [9.17, 15) is 0 Å². The minimum atomic E-state index is 0. The Bertz CT molecular complexity index is 188. The maximum Gasteiger partial charge on any atom is -0.0398 e. The molecule has 0 unspecified atom stereocenters. The van der Waals surface area contributed by atoms with E-state index >= 15 is 0 Å². The molecule has 0 radical (unpaired) electrons. The van der Waals surface area contributed by atoms with Gasteiger partial charge in [-0.3, -0.25) is 0 Å². The summed E-state index contributed by atoms with van der Waals surface area (Å²) >= 11 is 2.69. The molecule has 0 aliphatic carbocycles. The molecule has 0 aliphatic heterocycles. The molecular formula is C11H19Al. The quantitative estimate of drug-likeness (QED) is 0.578. The Morgan fingerprint density at radius 1 is 1.25 bits per heavy atom. The van der Waals surface area contributed by atoms with E-state index in [0.717, 1.165) is 5.92 Å². The molecule has 0 bridgehead atoms. The first kappa shape index (κ1) is 11.8. The molecule has 0 spiro atoms. The van der Waals surface area contributed by atoms with Gasteiger partial charge >= 0.3 is 41.3 Å². The largest absolute Gasteiger partial charge is 1.00 e. The smallest absolute Gasteiger partial charge is 0.0398 e. The second-order valence-electron chi connectivity index (χ2n) is 3.28. The summed E-state index contributed by atoms with van der Waals surface area (Å²) in [5.41, 5.74) is 1.32. The summed E-state index contributed by atoms with van der Waals surface area (Å²) in [5, 5.41) is 1.22. The number of hydrogen-bond acceptors (Lipinski definition) is 0. The fourth-order valence-corrected chi connectivity index (χ4v) is 0.534. The zero-order valence-electron chi connectivity index (χ0n) is 10.2. The van der Waals surface area contributed by atoms with E-state index in [-0.39, 0.29) is 2.85 Å². The van der Waals surface area contributed by atoms with Crippen molar-refractivity contribution in [3.8, 4) is 0 Å². The van der Waals surface area contributed by atoms with E-state index in [1.165, 1.54) is 10.8 Å². The minimum absolute atomic E-state index is 0. The van der Waals surface area contributed by atoms with Crippen LogP contribution < -0.4 is 0 Å². The molecule has 0 aromatic heterocycles. The van der Waals surface area contributed by atoms with Crippen molar-refractivity contribution in [2.45, 2.75) is 26.1 Å². The summed E-state index contributed by atoms with van der Waals surface area (Å²) < 4.78 is 0. The fourth-order valence-electron chi connectivity index (χ4n) is 0.534. The molecule has 0 heterocycles. The summed E-state index contributed by atoms with van der Waals surface area (Å²) in [6.45, 7) is 6.49. The summed E-state index contributed by atoms with van der Waals surface area (Å²) in [7, 11) is 0. The van der Waals surface area contributed by atoms with E-state index in [4.69, 9.17) is 0 Å². The molecule has 0 saturated carbocycles. The van der Waals surface area contributed by atoms with Gasteiger partial charge < -0.3 is 2.85 Å².